The zero-order valence-corrected chi connectivity index (χ0v) is 17.5. The zero-order chi connectivity index (χ0) is 21.3. The van der Waals surface area contributed by atoms with E-state index in [4.69, 9.17) is 0 Å². The predicted molar refractivity (Wildman–Crippen MR) is 116 cm³/mol. The molecule has 0 radical (unpaired) electrons. The molecule has 0 fully saturated rings. The van der Waals surface area contributed by atoms with E-state index in [2.05, 4.69) is 42.4 Å². The lowest BCUT2D eigenvalue weighted by atomic mass is 10.1. The third-order valence-corrected chi connectivity index (χ3v) is 5.41. The number of nitrogens with one attached hydrogen (secondary N) is 2. The molecule has 152 valence electrons. The van der Waals surface area contributed by atoms with Gasteiger partial charge in [0.05, 0.1) is 23.9 Å². The largest absolute Gasteiger partial charge is 0.465 e. The summed E-state index contributed by atoms with van der Waals surface area (Å²) in [7, 11) is 1.32. The number of aromatic amines is 1. The highest BCUT2D eigenvalue weighted by molar-refractivity contribution is 7.99. The molecule has 2 N–H and O–H groups in total. The third kappa shape index (κ3) is 3.97. The van der Waals surface area contributed by atoms with Gasteiger partial charge in [-0.15, -0.1) is 10.2 Å². The van der Waals surface area contributed by atoms with Crippen molar-refractivity contribution < 1.29 is 14.3 Å². The molecule has 9 heteroatoms. The number of H-pyrrole nitrogens is 1. The summed E-state index contributed by atoms with van der Waals surface area (Å²) >= 11 is 1.20. The molecule has 0 saturated heterocycles. The van der Waals surface area contributed by atoms with Gasteiger partial charge in [-0.05, 0) is 49.7 Å². The maximum Gasteiger partial charge on any atom is 0.337 e. The number of amides is 1. The van der Waals surface area contributed by atoms with E-state index in [0.29, 0.717) is 22.1 Å². The second kappa shape index (κ2) is 8.11. The minimum atomic E-state index is -0.425. The SMILES string of the molecule is COC(=O)c1ccc(NC(=O)CSc2nnc3c(n2)[nH]c2c(C)cc(C)cc23)cc1. The van der Waals surface area contributed by atoms with Crippen LogP contribution in [0.5, 0.6) is 0 Å². The van der Waals surface area contributed by atoms with Gasteiger partial charge in [0.25, 0.3) is 0 Å². The van der Waals surface area contributed by atoms with Gasteiger partial charge in [-0.2, -0.15) is 0 Å². The normalized spacial score (nSPS) is 11.0. The average Bonchev–Trinajstić information content (AvgIpc) is 3.10. The van der Waals surface area contributed by atoms with Crippen LogP contribution in [0.2, 0.25) is 0 Å². The molecule has 1 amide bonds. The quantitative estimate of drug-likeness (QED) is 0.374. The van der Waals surface area contributed by atoms with Crippen molar-refractivity contribution in [1.29, 1.82) is 0 Å². The number of carbonyl (C=O) groups excluding carboxylic acids is 2. The summed E-state index contributed by atoms with van der Waals surface area (Å²) in [5, 5.41) is 12.6. The number of ether oxygens (including phenoxy) is 1. The summed E-state index contributed by atoms with van der Waals surface area (Å²) in [6.07, 6.45) is 0. The van der Waals surface area contributed by atoms with Crippen LogP contribution in [0.25, 0.3) is 22.1 Å². The molecule has 0 aliphatic carbocycles. The van der Waals surface area contributed by atoms with E-state index in [-0.39, 0.29) is 11.7 Å². The van der Waals surface area contributed by atoms with Gasteiger partial charge in [-0.3, -0.25) is 4.79 Å². The van der Waals surface area contributed by atoms with Crippen molar-refractivity contribution in [3.8, 4) is 0 Å². The molecule has 2 aromatic carbocycles. The molecule has 0 aliphatic heterocycles. The lowest BCUT2D eigenvalue weighted by molar-refractivity contribution is -0.113. The number of methoxy groups -OCH3 is 1. The fourth-order valence-electron chi connectivity index (χ4n) is 3.21. The molecular formula is C21H19N5O3S. The summed E-state index contributed by atoms with van der Waals surface area (Å²) in [4.78, 5) is 31.5. The van der Waals surface area contributed by atoms with Gasteiger partial charge in [-0.25, -0.2) is 9.78 Å². The molecule has 4 rings (SSSR count). The highest BCUT2D eigenvalue weighted by Crippen LogP contribution is 2.27. The Morgan fingerprint density at radius 3 is 2.63 bits per heavy atom. The van der Waals surface area contributed by atoms with Crippen molar-refractivity contribution in [2.45, 2.75) is 19.0 Å². The molecule has 30 heavy (non-hydrogen) atoms. The Morgan fingerprint density at radius 2 is 1.90 bits per heavy atom. The van der Waals surface area contributed by atoms with Crippen molar-refractivity contribution in [1.82, 2.24) is 20.2 Å². The zero-order valence-electron chi connectivity index (χ0n) is 16.6. The second-order valence-electron chi connectivity index (χ2n) is 6.83. The minimum absolute atomic E-state index is 0.129. The van der Waals surface area contributed by atoms with Gasteiger partial charge in [-0.1, -0.05) is 23.4 Å². The standard InChI is InChI=1S/C21H19N5O3S/c1-11-8-12(2)17-15(9-11)18-19(23-17)24-21(26-25-18)30-10-16(27)22-14-6-4-13(5-7-14)20(28)29-3/h4-9H,10H2,1-3H3,(H,22,27)(H,23,24,26). The maximum atomic E-state index is 12.2. The summed E-state index contributed by atoms with van der Waals surface area (Å²) in [5.41, 5.74) is 5.64. The molecular weight excluding hydrogens is 402 g/mol. The third-order valence-electron chi connectivity index (χ3n) is 4.57. The van der Waals surface area contributed by atoms with Crippen LogP contribution in [0.4, 0.5) is 5.69 Å². The molecule has 4 aromatic rings. The Kier molecular flexibility index (Phi) is 5.37. The van der Waals surface area contributed by atoms with Crippen molar-refractivity contribution >= 4 is 51.4 Å². The van der Waals surface area contributed by atoms with E-state index in [1.54, 1.807) is 24.3 Å². The summed E-state index contributed by atoms with van der Waals surface area (Å²) in [6.45, 7) is 4.08. The van der Waals surface area contributed by atoms with Crippen LogP contribution in [0.3, 0.4) is 0 Å². The van der Waals surface area contributed by atoms with Crippen molar-refractivity contribution in [2.75, 3.05) is 18.2 Å². The summed E-state index contributed by atoms with van der Waals surface area (Å²) in [5.74, 6) is -0.506. The number of anilines is 1. The van der Waals surface area contributed by atoms with Crippen LogP contribution >= 0.6 is 11.8 Å². The lowest BCUT2D eigenvalue weighted by Crippen LogP contribution is -2.14. The van der Waals surface area contributed by atoms with Crippen LogP contribution in [0.15, 0.2) is 41.6 Å². The van der Waals surface area contributed by atoms with Crippen LogP contribution in [0.1, 0.15) is 21.5 Å². The Labute approximate surface area is 176 Å². The molecule has 0 saturated carbocycles. The molecule has 8 nitrogen and oxygen atoms in total. The number of hydrogen-bond acceptors (Lipinski definition) is 7. The van der Waals surface area contributed by atoms with Crippen molar-refractivity contribution in [3.05, 3.63) is 53.1 Å². The number of carbonyl (C=O) groups is 2. The number of rotatable bonds is 5. The molecule has 0 spiro atoms. The first-order chi connectivity index (χ1) is 14.4. The van der Waals surface area contributed by atoms with E-state index >= 15 is 0 Å². The van der Waals surface area contributed by atoms with E-state index in [9.17, 15) is 9.59 Å². The number of benzene rings is 2. The topological polar surface area (TPSA) is 110 Å². The van der Waals surface area contributed by atoms with E-state index in [1.807, 2.05) is 13.8 Å². The van der Waals surface area contributed by atoms with Crippen LogP contribution in [-0.4, -0.2) is 44.9 Å². The van der Waals surface area contributed by atoms with Crippen molar-refractivity contribution in [3.63, 3.8) is 0 Å². The number of thioether (sulfide) groups is 1. The average molecular weight is 421 g/mol. The van der Waals surface area contributed by atoms with E-state index in [0.717, 1.165) is 27.5 Å². The van der Waals surface area contributed by atoms with E-state index in [1.165, 1.54) is 18.9 Å². The van der Waals surface area contributed by atoms with Gasteiger partial charge in [0.2, 0.25) is 11.1 Å². The molecule has 2 heterocycles. The first-order valence-corrected chi connectivity index (χ1v) is 10.2. The fourth-order valence-corrected chi connectivity index (χ4v) is 3.80. The smallest absolute Gasteiger partial charge is 0.337 e. The Morgan fingerprint density at radius 1 is 1.13 bits per heavy atom. The molecule has 0 unspecified atom stereocenters. The number of hydrogen-bond donors (Lipinski definition) is 2. The van der Waals surface area contributed by atoms with Crippen LogP contribution in [0, 0.1) is 13.8 Å². The van der Waals surface area contributed by atoms with Gasteiger partial charge in [0.15, 0.2) is 5.65 Å². The number of esters is 1. The first kappa shape index (κ1) is 19.8. The van der Waals surface area contributed by atoms with Gasteiger partial charge in [0.1, 0.15) is 5.52 Å². The van der Waals surface area contributed by atoms with Crippen LogP contribution < -0.4 is 5.32 Å². The van der Waals surface area contributed by atoms with Gasteiger partial charge < -0.3 is 15.0 Å². The van der Waals surface area contributed by atoms with Gasteiger partial charge in [0, 0.05) is 11.1 Å². The predicted octanol–water partition coefficient (Wildman–Crippen LogP) is 3.64. The van der Waals surface area contributed by atoms with E-state index < -0.39 is 5.97 Å². The maximum absolute atomic E-state index is 12.2. The highest BCUT2D eigenvalue weighted by Gasteiger charge is 2.13. The van der Waals surface area contributed by atoms with Gasteiger partial charge >= 0.3 is 5.97 Å². The number of aromatic nitrogens is 4. The Bertz CT molecular complexity index is 1270. The highest BCUT2D eigenvalue weighted by atomic mass is 32.2. The first-order valence-electron chi connectivity index (χ1n) is 9.19. The monoisotopic (exact) mass is 421 g/mol. The second-order valence-corrected chi connectivity index (χ2v) is 7.77. The molecule has 0 atom stereocenters. The number of nitrogens with zero attached hydrogens (tertiary/aromatic N) is 3. The minimum Gasteiger partial charge on any atom is -0.465 e. The van der Waals surface area contributed by atoms with Crippen LogP contribution in [-0.2, 0) is 9.53 Å². The number of fused-ring (bicyclic) bond motifs is 3. The summed E-state index contributed by atoms with van der Waals surface area (Å²) < 4.78 is 4.65. The fraction of sp³-hybridized carbons (Fsp3) is 0.190. The molecule has 0 bridgehead atoms. The Balaban J connectivity index is 1.44. The van der Waals surface area contributed by atoms with Crippen molar-refractivity contribution in [2.24, 2.45) is 0 Å². The molecule has 0 aliphatic rings. The Hall–Kier alpha value is -3.46. The lowest BCUT2D eigenvalue weighted by Gasteiger charge is -2.05. The molecule has 2 aromatic heterocycles. The number of aryl methyl sites for hydroxylation is 2. The summed E-state index contributed by atoms with van der Waals surface area (Å²) in [6, 6.07) is 10.6.